The zero-order valence-electron chi connectivity index (χ0n) is 9.11. The minimum absolute atomic E-state index is 0.0703. The smallest absolute Gasteiger partial charge is 0.267 e. The first-order chi connectivity index (χ1) is 7.69. The summed E-state index contributed by atoms with van der Waals surface area (Å²) < 4.78 is 0. The molecule has 5 heteroatoms. The largest absolute Gasteiger partial charge is 0.297 e. The van der Waals surface area contributed by atoms with Crippen LogP contribution in [-0.4, -0.2) is 10.9 Å². The Hall–Kier alpha value is -1.20. The molecule has 2 aromatic rings. The summed E-state index contributed by atoms with van der Waals surface area (Å²) in [4.78, 5) is 19.0. The van der Waals surface area contributed by atoms with Gasteiger partial charge in [-0.1, -0.05) is 6.92 Å². The van der Waals surface area contributed by atoms with E-state index in [2.05, 4.69) is 17.2 Å². The van der Waals surface area contributed by atoms with E-state index in [0.717, 1.165) is 16.2 Å². The summed E-state index contributed by atoms with van der Waals surface area (Å²) in [5, 5.41) is 3.46. The SMILES string of the molecule is CCc1ccc(C(=O)Nc2ncc(C)s2)s1. The van der Waals surface area contributed by atoms with Crippen LogP contribution in [0, 0.1) is 6.92 Å². The molecule has 0 aliphatic rings. The van der Waals surface area contributed by atoms with Crippen LogP contribution >= 0.6 is 22.7 Å². The molecule has 1 amide bonds. The van der Waals surface area contributed by atoms with Gasteiger partial charge >= 0.3 is 0 Å². The fourth-order valence-electron chi connectivity index (χ4n) is 1.26. The maximum Gasteiger partial charge on any atom is 0.267 e. The first-order valence-corrected chi connectivity index (χ1v) is 6.65. The van der Waals surface area contributed by atoms with Gasteiger partial charge in [0.2, 0.25) is 0 Å². The average Bonchev–Trinajstić information content (AvgIpc) is 2.87. The molecular weight excluding hydrogens is 240 g/mol. The second-order valence-corrected chi connectivity index (χ2v) is 5.75. The first-order valence-electron chi connectivity index (χ1n) is 5.01. The highest BCUT2D eigenvalue weighted by atomic mass is 32.1. The van der Waals surface area contributed by atoms with E-state index in [-0.39, 0.29) is 5.91 Å². The summed E-state index contributed by atoms with van der Waals surface area (Å²) in [5.74, 6) is -0.0703. The Labute approximate surface area is 102 Å². The number of nitrogens with one attached hydrogen (secondary N) is 1. The Morgan fingerprint density at radius 2 is 2.25 bits per heavy atom. The predicted octanol–water partition coefficient (Wildman–Crippen LogP) is 3.33. The van der Waals surface area contributed by atoms with E-state index < -0.39 is 0 Å². The molecule has 0 bridgehead atoms. The van der Waals surface area contributed by atoms with Crippen LogP contribution in [0.25, 0.3) is 0 Å². The molecule has 0 atom stereocenters. The van der Waals surface area contributed by atoms with Crippen molar-refractivity contribution in [2.24, 2.45) is 0 Å². The van der Waals surface area contributed by atoms with Crippen LogP contribution in [0.15, 0.2) is 18.3 Å². The Bertz CT molecular complexity index is 502. The number of hydrogen-bond acceptors (Lipinski definition) is 4. The maximum absolute atomic E-state index is 11.8. The lowest BCUT2D eigenvalue weighted by molar-refractivity contribution is 0.103. The van der Waals surface area contributed by atoms with Gasteiger partial charge in [0.25, 0.3) is 5.91 Å². The van der Waals surface area contributed by atoms with Gasteiger partial charge in [0.1, 0.15) is 0 Å². The second kappa shape index (κ2) is 4.76. The van der Waals surface area contributed by atoms with Gasteiger partial charge in [0.05, 0.1) is 4.88 Å². The van der Waals surface area contributed by atoms with Gasteiger partial charge in [-0.25, -0.2) is 4.98 Å². The third-order valence-electron chi connectivity index (χ3n) is 2.08. The molecule has 3 nitrogen and oxygen atoms in total. The quantitative estimate of drug-likeness (QED) is 0.910. The van der Waals surface area contributed by atoms with Crippen molar-refractivity contribution in [3.05, 3.63) is 33.0 Å². The van der Waals surface area contributed by atoms with Crippen molar-refractivity contribution in [1.82, 2.24) is 4.98 Å². The molecule has 0 fully saturated rings. The number of carbonyl (C=O) groups excluding carboxylic acids is 1. The number of aromatic nitrogens is 1. The number of thiophene rings is 1. The zero-order chi connectivity index (χ0) is 11.5. The maximum atomic E-state index is 11.8. The molecule has 0 saturated heterocycles. The summed E-state index contributed by atoms with van der Waals surface area (Å²) in [6.45, 7) is 4.05. The molecule has 84 valence electrons. The second-order valence-electron chi connectivity index (χ2n) is 3.35. The molecule has 2 rings (SSSR count). The van der Waals surface area contributed by atoms with E-state index in [1.165, 1.54) is 27.6 Å². The minimum Gasteiger partial charge on any atom is -0.297 e. The topological polar surface area (TPSA) is 42.0 Å². The van der Waals surface area contributed by atoms with Crippen LogP contribution in [0.4, 0.5) is 5.13 Å². The molecule has 0 radical (unpaired) electrons. The van der Waals surface area contributed by atoms with Crippen LogP contribution < -0.4 is 5.32 Å². The third kappa shape index (κ3) is 2.48. The number of anilines is 1. The van der Waals surface area contributed by atoms with Crippen molar-refractivity contribution in [1.29, 1.82) is 0 Å². The van der Waals surface area contributed by atoms with Crippen LogP contribution in [0.2, 0.25) is 0 Å². The van der Waals surface area contributed by atoms with E-state index in [1.54, 1.807) is 6.20 Å². The van der Waals surface area contributed by atoms with Crippen LogP contribution in [0.3, 0.4) is 0 Å². The Morgan fingerprint density at radius 3 is 2.81 bits per heavy atom. The van der Waals surface area contributed by atoms with E-state index in [9.17, 15) is 4.79 Å². The molecule has 2 aromatic heterocycles. The van der Waals surface area contributed by atoms with Gasteiger partial charge in [-0.05, 0) is 25.5 Å². The highest BCUT2D eigenvalue weighted by molar-refractivity contribution is 7.16. The number of thiazole rings is 1. The normalized spacial score (nSPS) is 10.4. The monoisotopic (exact) mass is 252 g/mol. The molecule has 0 saturated carbocycles. The van der Waals surface area contributed by atoms with Gasteiger partial charge in [-0.2, -0.15) is 0 Å². The zero-order valence-corrected chi connectivity index (χ0v) is 10.7. The molecular formula is C11H12N2OS2. The predicted molar refractivity (Wildman–Crippen MR) is 68.5 cm³/mol. The van der Waals surface area contributed by atoms with Gasteiger partial charge in [-0.3, -0.25) is 10.1 Å². The highest BCUT2D eigenvalue weighted by Gasteiger charge is 2.10. The molecule has 0 aliphatic carbocycles. The van der Waals surface area contributed by atoms with Crippen LogP contribution in [0.1, 0.15) is 26.3 Å². The van der Waals surface area contributed by atoms with Gasteiger partial charge < -0.3 is 0 Å². The van der Waals surface area contributed by atoms with E-state index in [0.29, 0.717) is 5.13 Å². The van der Waals surface area contributed by atoms with Gasteiger partial charge in [0.15, 0.2) is 5.13 Å². The average molecular weight is 252 g/mol. The van der Waals surface area contributed by atoms with Crippen LogP contribution in [0.5, 0.6) is 0 Å². The number of hydrogen-bond donors (Lipinski definition) is 1. The molecule has 16 heavy (non-hydrogen) atoms. The summed E-state index contributed by atoms with van der Waals surface area (Å²) in [6, 6.07) is 3.85. The molecule has 0 aliphatic heterocycles. The number of rotatable bonds is 3. The number of nitrogens with zero attached hydrogens (tertiary/aromatic N) is 1. The molecule has 2 heterocycles. The summed E-state index contributed by atoms with van der Waals surface area (Å²) >= 11 is 3.02. The lowest BCUT2D eigenvalue weighted by atomic mass is 10.3. The fourth-order valence-corrected chi connectivity index (χ4v) is 2.76. The Morgan fingerprint density at radius 1 is 1.44 bits per heavy atom. The molecule has 0 spiro atoms. The van der Waals surface area contributed by atoms with Crippen molar-refractivity contribution in [2.45, 2.75) is 20.3 Å². The Kier molecular flexibility index (Phi) is 3.36. The van der Waals surface area contributed by atoms with Crippen molar-refractivity contribution < 1.29 is 4.79 Å². The number of carbonyl (C=O) groups is 1. The van der Waals surface area contributed by atoms with Crippen molar-refractivity contribution >= 4 is 33.7 Å². The van der Waals surface area contributed by atoms with Crippen molar-refractivity contribution in [3.63, 3.8) is 0 Å². The molecule has 0 unspecified atom stereocenters. The van der Waals surface area contributed by atoms with Gasteiger partial charge in [0, 0.05) is 16.0 Å². The molecule has 1 N–H and O–H groups in total. The fraction of sp³-hybridized carbons (Fsp3) is 0.273. The van der Waals surface area contributed by atoms with Crippen molar-refractivity contribution in [2.75, 3.05) is 5.32 Å². The number of aryl methyl sites for hydroxylation is 2. The van der Waals surface area contributed by atoms with E-state index in [1.807, 2.05) is 19.1 Å². The summed E-state index contributed by atoms with van der Waals surface area (Å²) in [6.07, 6.45) is 2.72. The van der Waals surface area contributed by atoms with Crippen molar-refractivity contribution in [3.8, 4) is 0 Å². The number of amides is 1. The van der Waals surface area contributed by atoms with Crippen LogP contribution in [-0.2, 0) is 6.42 Å². The summed E-state index contributed by atoms with van der Waals surface area (Å²) in [7, 11) is 0. The minimum atomic E-state index is -0.0703. The van der Waals surface area contributed by atoms with Gasteiger partial charge in [-0.15, -0.1) is 22.7 Å². The lowest BCUT2D eigenvalue weighted by Crippen LogP contribution is -2.09. The highest BCUT2D eigenvalue weighted by Crippen LogP contribution is 2.21. The Balaban J connectivity index is 2.08. The first kappa shape index (κ1) is 11.3. The summed E-state index contributed by atoms with van der Waals surface area (Å²) in [5.41, 5.74) is 0. The molecule has 0 aromatic carbocycles. The standard InChI is InChI=1S/C11H12N2OS2/c1-3-8-4-5-9(16-8)10(14)13-11-12-6-7(2)15-11/h4-6H,3H2,1-2H3,(H,12,13,14). The lowest BCUT2D eigenvalue weighted by Gasteiger charge is -1.97. The van der Waals surface area contributed by atoms with E-state index in [4.69, 9.17) is 0 Å². The van der Waals surface area contributed by atoms with E-state index >= 15 is 0 Å². The third-order valence-corrected chi connectivity index (χ3v) is 4.13.